The van der Waals surface area contributed by atoms with Gasteiger partial charge in [0.15, 0.2) is 0 Å². The molecule has 1 atom stereocenters. The molecule has 0 saturated carbocycles. The van der Waals surface area contributed by atoms with Gasteiger partial charge in [0.2, 0.25) is 5.91 Å². The Morgan fingerprint density at radius 1 is 0.730 bits per heavy atom. The smallest absolute Gasteiger partial charge is 0.357 e. The van der Waals surface area contributed by atoms with E-state index in [1.54, 1.807) is 48.5 Å². The summed E-state index contributed by atoms with van der Waals surface area (Å²) in [6, 6.07) is 28.6. The summed E-state index contributed by atoms with van der Waals surface area (Å²) in [5.41, 5.74) is 6.36. The highest BCUT2D eigenvalue weighted by molar-refractivity contribution is 5.96. The summed E-state index contributed by atoms with van der Waals surface area (Å²) in [7, 11) is 0. The molecule has 1 unspecified atom stereocenters. The van der Waals surface area contributed by atoms with Gasteiger partial charge in [0, 0.05) is 12.0 Å². The molecule has 0 fully saturated rings. The molecule has 2 amide bonds. The van der Waals surface area contributed by atoms with Crippen LogP contribution in [-0.2, 0) is 11.2 Å². The molecule has 0 spiro atoms. The second-order valence-corrected chi connectivity index (χ2v) is 8.45. The Morgan fingerprint density at radius 2 is 1.30 bits per heavy atom. The number of hydrogen-bond acceptors (Lipinski definition) is 4. The average molecular weight is 494 g/mol. The maximum absolute atomic E-state index is 13.6. The van der Waals surface area contributed by atoms with Gasteiger partial charge < -0.3 is 11.1 Å². The largest absolute Gasteiger partial charge is 0.368 e. The fourth-order valence-electron chi connectivity index (χ4n) is 4.26. The van der Waals surface area contributed by atoms with E-state index in [0.29, 0.717) is 16.9 Å². The lowest BCUT2D eigenvalue weighted by Crippen LogP contribution is -2.46. The lowest BCUT2D eigenvalue weighted by molar-refractivity contribution is -0.119. The molecule has 3 N–H and O–H groups in total. The van der Waals surface area contributed by atoms with Crippen molar-refractivity contribution in [1.82, 2.24) is 18.9 Å². The number of nitrogens with zero attached hydrogens (tertiary/aromatic N) is 3. The first kappa shape index (κ1) is 23.6. The molecule has 0 aliphatic heterocycles. The minimum absolute atomic E-state index is 0.115. The van der Waals surface area contributed by atoms with Crippen molar-refractivity contribution in [3.63, 3.8) is 0 Å². The van der Waals surface area contributed by atoms with Crippen molar-refractivity contribution in [1.29, 1.82) is 0 Å². The Kier molecular flexibility index (Phi) is 6.25. The Labute approximate surface area is 211 Å². The fraction of sp³-hybridized carbons (Fsp3) is 0.0714. The van der Waals surface area contributed by atoms with Gasteiger partial charge in [-0.3, -0.25) is 9.59 Å². The first-order valence-corrected chi connectivity index (χ1v) is 11.6. The Balaban J connectivity index is 1.66. The minimum atomic E-state index is -1.03. The number of benzene rings is 3. The molecule has 0 aliphatic carbocycles. The predicted molar refractivity (Wildman–Crippen MR) is 139 cm³/mol. The molecule has 2 heterocycles. The highest BCUT2D eigenvalue weighted by Gasteiger charge is 2.25. The van der Waals surface area contributed by atoms with Crippen molar-refractivity contribution in [2.24, 2.45) is 5.73 Å². The van der Waals surface area contributed by atoms with Crippen molar-refractivity contribution >= 4 is 11.8 Å². The van der Waals surface area contributed by atoms with Crippen LogP contribution in [0.1, 0.15) is 16.1 Å². The lowest BCUT2D eigenvalue weighted by atomic mass is 10.1. The van der Waals surface area contributed by atoms with E-state index in [1.165, 1.54) is 6.07 Å². The number of hydrogen-bond donors (Lipinski definition) is 2. The van der Waals surface area contributed by atoms with Crippen LogP contribution < -0.4 is 22.4 Å². The van der Waals surface area contributed by atoms with Crippen molar-refractivity contribution in [3.05, 3.63) is 135 Å². The molecule has 9 heteroatoms. The van der Waals surface area contributed by atoms with Gasteiger partial charge in [-0.15, -0.1) is 0 Å². The third-order valence-electron chi connectivity index (χ3n) is 6.05. The first-order valence-electron chi connectivity index (χ1n) is 11.6. The molecular weight excluding hydrogens is 470 g/mol. The molecule has 5 rings (SSSR count). The zero-order chi connectivity index (χ0) is 25.9. The van der Waals surface area contributed by atoms with Crippen LogP contribution >= 0.6 is 0 Å². The van der Waals surface area contributed by atoms with Crippen LogP contribution in [0.3, 0.4) is 0 Å². The van der Waals surface area contributed by atoms with Gasteiger partial charge in [0.1, 0.15) is 11.7 Å². The summed E-state index contributed by atoms with van der Waals surface area (Å²) in [4.78, 5) is 52.8. The molecule has 5 aromatic rings. The molecule has 0 bridgehead atoms. The number of carbonyl (C=O) groups is 2. The molecule has 9 nitrogen and oxygen atoms in total. The molecule has 0 radical (unpaired) electrons. The molecule has 3 aromatic carbocycles. The summed E-state index contributed by atoms with van der Waals surface area (Å²) >= 11 is 0. The number of carbonyl (C=O) groups excluding carboxylic acids is 2. The van der Waals surface area contributed by atoms with E-state index in [-0.39, 0.29) is 12.1 Å². The van der Waals surface area contributed by atoms with Crippen LogP contribution in [0, 0.1) is 0 Å². The zero-order valence-corrected chi connectivity index (χ0v) is 19.7. The maximum Gasteiger partial charge on any atom is 0.357 e. The van der Waals surface area contributed by atoms with E-state index < -0.39 is 29.2 Å². The van der Waals surface area contributed by atoms with E-state index >= 15 is 0 Å². The van der Waals surface area contributed by atoms with E-state index in [4.69, 9.17) is 5.73 Å². The third-order valence-corrected chi connectivity index (χ3v) is 6.05. The zero-order valence-electron chi connectivity index (χ0n) is 19.7. The topological polar surface area (TPSA) is 120 Å². The van der Waals surface area contributed by atoms with Crippen molar-refractivity contribution in [2.75, 3.05) is 0 Å². The van der Waals surface area contributed by atoms with Gasteiger partial charge >= 0.3 is 11.4 Å². The second kappa shape index (κ2) is 9.82. The standard InChI is InChI=1S/C28H23N5O4/c29-25(34)22(18-19-10-4-1-5-11-19)30-26(35)24-17-16-23(20-12-6-2-7-13-20)32-27(36)31(28(37)33(24)32)21-14-8-3-9-15-21/h1-17,22H,18H2,(H2,29,34)(H,30,35). The number of para-hydroxylation sites is 1. The van der Waals surface area contributed by atoms with Crippen LogP contribution in [0.4, 0.5) is 0 Å². The van der Waals surface area contributed by atoms with Gasteiger partial charge in [-0.25, -0.2) is 14.2 Å². The van der Waals surface area contributed by atoms with Crippen LogP contribution in [0.15, 0.2) is 113 Å². The Morgan fingerprint density at radius 3 is 1.92 bits per heavy atom. The summed E-state index contributed by atoms with van der Waals surface area (Å²) in [6.07, 6.45) is 0.174. The van der Waals surface area contributed by atoms with Gasteiger partial charge in [-0.2, -0.15) is 9.03 Å². The number of nitrogens with one attached hydrogen (secondary N) is 1. The normalized spacial score (nSPS) is 11.8. The number of aromatic nitrogens is 3. The van der Waals surface area contributed by atoms with Gasteiger partial charge in [0.05, 0.1) is 11.4 Å². The van der Waals surface area contributed by atoms with Crippen LogP contribution in [0.5, 0.6) is 0 Å². The van der Waals surface area contributed by atoms with Gasteiger partial charge in [-0.05, 0) is 29.8 Å². The first-order chi connectivity index (χ1) is 18.0. The molecule has 184 valence electrons. The van der Waals surface area contributed by atoms with Gasteiger partial charge in [0.25, 0.3) is 5.91 Å². The minimum Gasteiger partial charge on any atom is -0.368 e. The Bertz CT molecular complexity index is 1700. The van der Waals surface area contributed by atoms with Crippen molar-refractivity contribution in [2.45, 2.75) is 12.5 Å². The predicted octanol–water partition coefficient (Wildman–Crippen LogP) is 2.04. The molecule has 0 aliphatic rings. The summed E-state index contributed by atoms with van der Waals surface area (Å²) < 4.78 is 3.18. The van der Waals surface area contributed by atoms with Crippen LogP contribution in [-0.4, -0.2) is 31.5 Å². The van der Waals surface area contributed by atoms with E-state index in [9.17, 15) is 19.2 Å². The quantitative estimate of drug-likeness (QED) is 0.361. The Hall–Kier alpha value is -5.18. The highest BCUT2D eigenvalue weighted by Crippen LogP contribution is 2.18. The molecular formula is C28H23N5O4. The molecule has 37 heavy (non-hydrogen) atoms. The van der Waals surface area contributed by atoms with Crippen LogP contribution in [0.2, 0.25) is 0 Å². The van der Waals surface area contributed by atoms with E-state index in [2.05, 4.69) is 5.32 Å². The number of rotatable bonds is 7. The maximum atomic E-state index is 13.6. The molecule has 2 aromatic heterocycles. The fourth-order valence-corrected chi connectivity index (χ4v) is 4.26. The number of amides is 2. The van der Waals surface area contributed by atoms with Crippen molar-refractivity contribution in [3.8, 4) is 16.9 Å². The third kappa shape index (κ3) is 4.45. The van der Waals surface area contributed by atoms with Crippen molar-refractivity contribution < 1.29 is 9.59 Å². The summed E-state index contributed by atoms with van der Waals surface area (Å²) in [5.74, 6) is -1.44. The number of primary amides is 1. The van der Waals surface area contributed by atoms with Gasteiger partial charge in [-0.1, -0.05) is 78.9 Å². The SMILES string of the molecule is NC(=O)C(Cc1ccccc1)NC(=O)c1ccc(-c2ccccc2)n2c(=O)n(-c3ccccc3)c(=O)n12. The highest BCUT2D eigenvalue weighted by atomic mass is 16.2. The van der Waals surface area contributed by atoms with E-state index in [0.717, 1.165) is 19.2 Å². The summed E-state index contributed by atoms with van der Waals surface area (Å²) in [6.45, 7) is 0. The second-order valence-electron chi connectivity index (χ2n) is 8.45. The number of nitrogens with two attached hydrogens (primary N) is 1. The summed E-state index contributed by atoms with van der Waals surface area (Å²) in [5, 5.41) is 2.63. The monoisotopic (exact) mass is 493 g/mol. The van der Waals surface area contributed by atoms with E-state index in [1.807, 2.05) is 48.5 Å². The lowest BCUT2D eigenvalue weighted by Gasteiger charge is -2.16. The number of fused-ring (bicyclic) bond motifs is 1. The van der Waals surface area contributed by atoms with Crippen LogP contribution in [0.25, 0.3) is 16.9 Å². The average Bonchev–Trinajstić information content (AvgIpc) is 3.19. The molecule has 0 saturated heterocycles.